The summed E-state index contributed by atoms with van der Waals surface area (Å²) in [4.78, 5) is 10.7. The van der Waals surface area contributed by atoms with Crippen LogP contribution in [0.15, 0.2) is 0 Å². The number of hydrogen-bond acceptors (Lipinski definition) is 1. The van der Waals surface area contributed by atoms with Crippen molar-refractivity contribution >= 4 is 5.78 Å². The summed E-state index contributed by atoms with van der Waals surface area (Å²) in [6, 6.07) is 0. The fourth-order valence-electron chi connectivity index (χ4n) is 1.93. The number of rotatable bonds is 0. The lowest BCUT2D eigenvalue weighted by atomic mass is 9.65. The third kappa shape index (κ3) is 0.504. The van der Waals surface area contributed by atoms with E-state index in [4.69, 9.17) is 0 Å². The van der Waals surface area contributed by atoms with E-state index in [0.717, 1.165) is 24.7 Å². The van der Waals surface area contributed by atoms with Crippen molar-refractivity contribution in [3.05, 3.63) is 0 Å². The van der Waals surface area contributed by atoms with Crippen molar-refractivity contribution in [2.24, 2.45) is 11.8 Å². The van der Waals surface area contributed by atoms with Gasteiger partial charge in [-0.25, -0.2) is 0 Å². The summed E-state index contributed by atoms with van der Waals surface area (Å²) in [5.41, 5.74) is 0. The van der Waals surface area contributed by atoms with Gasteiger partial charge in [0.25, 0.3) is 0 Å². The second-order valence-electron chi connectivity index (χ2n) is 3.15. The molecule has 0 aliphatic heterocycles. The van der Waals surface area contributed by atoms with Crippen molar-refractivity contribution in [1.82, 2.24) is 0 Å². The molecule has 0 N–H and O–H groups in total. The Kier molecular flexibility index (Phi) is 0.758. The molecule has 8 heavy (non-hydrogen) atoms. The Morgan fingerprint density at radius 2 is 1.62 bits per heavy atom. The van der Waals surface area contributed by atoms with Gasteiger partial charge in [0.15, 0.2) is 0 Å². The van der Waals surface area contributed by atoms with Crippen LogP contribution in [0.3, 0.4) is 0 Å². The molecule has 0 aromatic heterocycles. The average Bonchev–Trinajstić information content (AvgIpc) is 1.62. The molecule has 0 atom stereocenters. The van der Waals surface area contributed by atoms with Crippen molar-refractivity contribution < 1.29 is 4.79 Å². The average molecular weight is 110 g/mol. The highest BCUT2D eigenvalue weighted by atomic mass is 16.1. The molecule has 44 valence electrons. The van der Waals surface area contributed by atoms with E-state index >= 15 is 0 Å². The van der Waals surface area contributed by atoms with Crippen LogP contribution in [0.2, 0.25) is 0 Å². The first-order valence-corrected chi connectivity index (χ1v) is 3.36. The van der Waals surface area contributed by atoms with Gasteiger partial charge in [-0.15, -0.1) is 0 Å². The Hall–Kier alpha value is -0.330. The van der Waals surface area contributed by atoms with Crippen LogP contribution >= 0.6 is 0 Å². The van der Waals surface area contributed by atoms with E-state index in [1.165, 1.54) is 12.8 Å². The minimum atomic E-state index is 0.512. The molecular formula is C7H10O. The molecule has 0 aromatic carbocycles. The van der Waals surface area contributed by atoms with Gasteiger partial charge < -0.3 is 0 Å². The fraction of sp³-hybridized carbons (Fsp3) is 0.857. The predicted octanol–water partition coefficient (Wildman–Crippen LogP) is 1.38. The van der Waals surface area contributed by atoms with Crippen molar-refractivity contribution in [2.75, 3.05) is 0 Å². The Balaban J connectivity index is 2.07. The van der Waals surface area contributed by atoms with Gasteiger partial charge in [-0.2, -0.15) is 0 Å². The molecule has 3 aliphatic carbocycles. The van der Waals surface area contributed by atoms with Gasteiger partial charge in [0.1, 0.15) is 5.78 Å². The third-order valence-corrected chi connectivity index (χ3v) is 2.37. The van der Waals surface area contributed by atoms with Gasteiger partial charge in [-0.1, -0.05) is 0 Å². The van der Waals surface area contributed by atoms with Crippen molar-refractivity contribution in [2.45, 2.75) is 25.7 Å². The zero-order valence-electron chi connectivity index (χ0n) is 4.89. The molecule has 3 saturated carbocycles. The zero-order valence-corrected chi connectivity index (χ0v) is 4.89. The van der Waals surface area contributed by atoms with E-state index in [-0.39, 0.29) is 0 Å². The Morgan fingerprint density at radius 1 is 1.12 bits per heavy atom. The highest BCUT2D eigenvalue weighted by Crippen LogP contribution is 2.43. The SMILES string of the molecule is O=C1CC2CC(C1)C2. The van der Waals surface area contributed by atoms with E-state index in [1.807, 2.05) is 0 Å². The van der Waals surface area contributed by atoms with Gasteiger partial charge in [0.05, 0.1) is 0 Å². The van der Waals surface area contributed by atoms with E-state index in [0.29, 0.717) is 5.78 Å². The Bertz CT molecular complexity index is 110. The van der Waals surface area contributed by atoms with E-state index in [1.54, 1.807) is 0 Å². The van der Waals surface area contributed by atoms with Crippen LogP contribution in [0, 0.1) is 11.8 Å². The van der Waals surface area contributed by atoms with Crippen molar-refractivity contribution in [3.63, 3.8) is 0 Å². The monoisotopic (exact) mass is 110 g/mol. The molecule has 0 aromatic rings. The molecule has 0 amide bonds. The summed E-state index contributed by atoms with van der Waals surface area (Å²) in [6.07, 6.45) is 4.50. The second-order valence-corrected chi connectivity index (χ2v) is 3.15. The molecule has 0 heterocycles. The van der Waals surface area contributed by atoms with E-state index in [9.17, 15) is 4.79 Å². The molecule has 1 heteroatoms. The molecule has 1 nitrogen and oxygen atoms in total. The maximum absolute atomic E-state index is 10.7. The molecule has 3 aliphatic rings. The summed E-state index contributed by atoms with van der Waals surface area (Å²) < 4.78 is 0. The maximum Gasteiger partial charge on any atom is 0.133 e. The molecule has 0 radical (unpaired) electrons. The fourth-order valence-corrected chi connectivity index (χ4v) is 1.93. The zero-order chi connectivity index (χ0) is 5.56. The quantitative estimate of drug-likeness (QED) is 0.460. The number of carbonyl (C=O) groups excluding carboxylic acids is 1. The van der Waals surface area contributed by atoms with Crippen LogP contribution in [0.1, 0.15) is 25.7 Å². The normalized spacial score (nSPS) is 43.8. The maximum atomic E-state index is 10.7. The van der Waals surface area contributed by atoms with Gasteiger partial charge in [-0.05, 0) is 24.7 Å². The second kappa shape index (κ2) is 1.34. The number of Topliss-reactive ketones (excluding diaryl/α,β-unsaturated/α-hetero) is 1. The number of hydrogen-bond donors (Lipinski definition) is 0. The molecular weight excluding hydrogens is 100 g/mol. The summed E-state index contributed by atoms with van der Waals surface area (Å²) in [6.45, 7) is 0. The summed E-state index contributed by atoms with van der Waals surface area (Å²) in [5.74, 6) is 2.12. The van der Waals surface area contributed by atoms with Crippen molar-refractivity contribution in [3.8, 4) is 0 Å². The minimum absolute atomic E-state index is 0.512. The largest absolute Gasteiger partial charge is 0.300 e. The Morgan fingerprint density at radius 3 is 1.88 bits per heavy atom. The molecule has 3 fully saturated rings. The van der Waals surface area contributed by atoms with Crippen LogP contribution in [0.25, 0.3) is 0 Å². The molecule has 3 rings (SSSR count). The minimum Gasteiger partial charge on any atom is -0.300 e. The third-order valence-electron chi connectivity index (χ3n) is 2.37. The van der Waals surface area contributed by atoms with Crippen LogP contribution in [-0.4, -0.2) is 5.78 Å². The van der Waals surface area contributed by atoms with E-state index < -0.39 is 0 Å². The van der Waals surface area contributed by atoms with Gasteiger partial charge in [0.2, 0.25) is 0 Å². The first-order chi connectivity index (χ1) is 3.84. The highest BCUT2D eigenvalue weighted by molar-refractivity contribution is 5.80. The van der Waals surface area contributed by atoms with Gasteiger partial charge in [0, 0.05) is 12.8 Å². The molecule has 0 saturated heterocycles. The van der Waals surface area contributed by atoms with Gasteiger partial charge in [-0.3, -0.25) is 4.79 Å². The lowest BCUT2D eigenvalue weighted by Crippen LogP contribution is -2.33. The highest BCUT2D eigenvalue weighted by Gasteiger charge is 2.36. The smallest absolute Gasteiger partial charge is 0.133 e. The van der Waals surface area contributed by atoms with Crippen LogP contribution in [0.5, 0.6) is 0 Å². The van der Waals surface area contributed by atoms with Crippen LogP contribution in [0.4, 0.5) is 0 Å². The number of carbonyl (C=O) groups is 1. The predicted molar refractivity (Wildman–Crippen MR) is 30.5 cm³/mol. The summed E-state index contributed by atoms with van der Waals surface area (Å²) in [5, 5.41) is 0. The lowest BCUT2D eigenvalue weighted by Gasteiger charge is -2.39. The van der Waals surface area contributed by atoms with E-state index in [2.05, 4.69) is 0 Å². The Labute approximate surface area is 49.1 Å². The summed E-state index contributed by atoms with van der Waals surface area (Å²) in [7, 11) is 0. The standard InChI is InChI=1S/C7H10O/c8-7-3-5-1-6(2-5)4-7/h5-6H,1-4H2. The number of fused-ring (bicyclic) bond motifs is 2. The summed E-state index contributed by atoms with van der Waals surface area (Å²) >= 11 is 0. The van der Waals surface area contributed by atoms with Crippen LogP contribution in [-0.2, 0) is 4.79 Å². The van der Waals surface area contributed by atoms with Gasteiger partial charge >= 0.3 is 0 Å². The lowest BCUT2D eigenvalue weighted by molar-refractivity contribution is -0.127. The molecule has 2 bridgehead atoms. The topological polar surface area (TPSA) is 17.1 Å². The molecule has 0 spiro atoms. The number of ketones is 1. The van der Waals surface area contributed by atoms with Crippen molar-refractivity contribution in [1.29, 1.82) is 0 Å². The van der Waals surface area contributed by atoms with Crippen LogP contribution < -0.4 is 0 Å². The first-order valence-electron chi connectivity index (χ1n) is 3.36. The molecule has 0 unspecified atom stereocenters. The first kappa shape index (κ1) is 4.54.